The van der Waals surface area contributed by atoms with Gasteiger partial charge in [-0.05, 0) is 19.3 Å². The summed E-state index contributed by atoms with van der Waals surface area (Å²) in [5.41, 5.74) is 1.13. The molecule has 1 aromatic rings. The minimum atomic E-state index is -0.0125. The van der Waals surface area contributed by atoms with Crippen LogP contribution >= 0.6 is 0 Å². The standard InChI is InChI=1S/C18H28N4O2/c1-3-17-19-12-16(13-20-17)14-21-7-4-18(5-10-24-11-6-18)22(9-8-21)15(2)23/h12-13H,3-11,14H2,1-2H3. The zero-order chi connectivity index (χ0) is 17.0. The van der Waals surface area contributed by atoms with E-state index >= 15 is 0 Å². The Hall–Kier alpha value is -1.53. The Labute approximate surface area is 144 Å². The lowest BCUT2D eigenvalue weighted by Gasteiger charge is -2.45. The van der Waals surface area contributed by atoms with Crippen LogP contribution in [0.2, 0.25) is 0 Å². The monoisotopic (exact) mass is 332 g/mol. The normalized spacial score (nSPS) is 21.7. The lowest BCUT2D eigenvalue weighted by Crippen LogP contribution is -2.54. The second kappa shape index (κ2) is 7.57. The highest BCUT2D eigenvalue weighted by molar-refractivity contribution is 5.74. The van der Waals surface area contributed by atoms with Crippen molar-refractivity contribution in [2.45, 2.75) is 51.6 Å². The molecule has 0 aromatic carbocycles. The number of aryl methyl sites for hydroxylation is 1. The molecule has 1 amide bonds. The van der Waals surface area contributed by atoms with Gasteiger partial charge >= 0.3 is 0 Å². The number of carbonyl (C=O) groups excluding carboxylic acids is 1. The molecule has 2 fully saturated rings. The van der Waals surface area contributed by atoms with Gasteiger partial charge in [-0.3, -0.25) is 9.69 Å². The predicted molar refractivity (Wildman–Crippen MR) is 91.5 cm³/mol. The minimum Gasteiger partial charge on any atom is -0.381 e. The van der Waals surface area contributed by atoms with Crippen LogP contribution in [0.4, 0.5) is 0 Å². The molecule has 3 heterocycles. The molecular weight excluding hydrogens is 304 g/mol. The van der Waals surface area contributed by atoms with Gasteiger partial charge in [0.15, 0.2) is 0 Å². The topological polar surface area (TPSA) is 58.6 Å². The lowest BCUT2D eigenvalue weighted by molar-refractivity contribution is -0.139. The van der Waals surface area contributed by atoms with Crippen LogP contribution in [0.1, 0.15) is 44.5 Å². The first-order valence-corrected chi connectivity index (χ1v) is 9.01. The van der Waals surface area contributed by atoms with Crippen molar-refractivity contribution in [3.63, 3.8) is 0 Å². The molecule has 2 aliphatic rings. The van der Waals surface area contributed by atoms with Gasteiger partial charge in [0.05, 0.1) is 0 Å². The summed E-state index contributed by atoms with van der Waals surface area (Å²) in [7, 11) is 0. The summed E-state index contributed by atoms with van der Waals surface area (Å²) in [6.07, 6.45) is 7.66. The van der Waals surface area contributed by atoms with Crippen molar-refractivity contribution in [1.29, 1.82) is 0 Å². The van der Waals surface area contributed by atoms with Crippen LogP contribution in [-0.4, -0.2) is 64.1 Å². The Morgan fingerprint density at radius 3 is 2.50 bits per heavy atom. The Morgan fingerprint density at radius 1 is 1.17 bits per heavy atom. The number of aromatic nitrogens is 2. The number of hydrogen-bond acceptors (Lipinski definition) is 5. The van der Waals surface area contributed by atoms with Gasteiger partial charge in [0.25, 0.3) is 0 Å². The van der Waals surface area contributed by atoms with Crippen LogP contribution in [0.25, 0.3) is 0 Å². The molecule has 24 heavy (non-hydrogen) atoms. The van der Waals surface area contributed by atoms with E-state index in [-0.39, 0.29) is 11.4 Å². The van der Waals surface area contributed by atoms with Gasteiger partial charge in [-0.15, -0.1) is 0 Å². The van der Waals surface area contributed by atoms with Crippen molar-refractivity contribution in [3.05, 3.63) is 23.8 Å². The average Bonchev–Trinajstić information content (AvgIpc) is 2.76. The van der Waals surface area contributed by atoms with Crippen molar-refractivity contribution in [1.82, 2.24) is 19.8 Å². The molecule has 2 aliphatic heterocycles. The van der Waals surface area contributed by atoms with Gasteiger partial charge < -0.3 is 9.64 Å². The second-order valence-corrected chi connectivity index (χ2v) is 6.89. The zero-order valence-corrected chi connectivity index (χ0v) is 14.8. The summed E-state index contributed by atoms with van der Waals surface area (Å²) in [4.78, 5) is 25.5. The van der Waals surface area contributed by atoms with Crippen molar-refractivity contribution < 1.29 is 9.53 Å². The number of amides is 1. The van der Waals surface area contributed by atoms with Gasteiger partial charge in [0.2, 0.25) is 5.91 Å². The van der Waals surface area contributed by atoms with Crippen molar-refractivity contribution in [3.8, 4) is 0 Å². The van der Waals surface area contributed by atoms with E-state index < -0.39 is 0 Å². The molecule has 0 radical (unpaired) electrons. The summed E-state index contributed by atoms with van der Waals surface area (Å²) in [5.74, 6) is 1.08. The Kier molecular flexibility index (Phi) is 5.46. The van der Waals surface area contributed by atoms with Crippen molar-refractivity contribution >= 4 is 5.91 Å². The highest BCUT2D eigenvalue weighted by atomic mass is 16.5. The summed E-state index contributed by atoms with van der Waals surface area (Å²) < 4.78 is 5.54. The molecule has 132 valence electrons. The van der Waals surface area contributed by atoms with E-state index in [1.54, 1.807) is 6.92 Å². The Morgan fingerprint density at radius 2 is 1.88 bits per heavy atom. The molecule has 0 N–H and O–H groups in total. The fourth-order valence-corrected chi connectivity index (χ4v) is 3.92. The van der Waals surface area contributed by atoms with Crippen LogP contribution < -0.4 is 0 Å². The smallest absolute Gasteiger partial charge is 0.219 e. The van der Waals surface area contributed by atoms with Crippen molar-refractivity contribution in [2.75, 3.05) is 32.8 Å². The van der Waals surface area contributed by atoms with Crippen LogP contribution in [0.3, 0.4) is 0 Å². The van der Waals surface area contributed by atoms with Crippen LogP contribution in [-0.2, 0) is 22.5 Å². The molecular formula is C18H28N4O2. The zero-order valence-electron chi connectivity index (χ0n) is 14.8. The van der Waals surface area contributed by atoms with Gasteiger partial charge in [-0.25, -0.2) is 9.97 Å². The summed E-state index contributed by atoms with van der Waals surface area (Å²) >= 11 is 0. The first kappa shape index (κ1) is 17.3. The highest BCUT2D eigenvalue weighted by Gasteiger charge is 2.41. The number of ether oxygens (including phenoxy) is 1. The third-order valence-electron chi connectivity index (χ3n) is 5.39. The number of hydrogen-bond donors (Lipinski definition) is 0. The average molecular weight is 332 g/mol. The first-order valence-electron chi connectivity index (χ1n) is 9.01. The first-order chi connectivity index (χ1) is 11.6. The largest absolute Gasteiger partial charge is 0.381 e. The van der Waals surface area contributed by atoms with Gasteiger partial charge in [-0.1, -0.05) is 6.92 Å². The SMILES string of the molecule is CCc1ncc(CN2CCN(C(C)=O)C3(CCOCC3)CC2)cn1. The van der Waals surface area contributed by atoms with Gasteiger partial charge in [0, 0.05) is 76.2 Å². The third-order valence-corrected chi connectivity index (χ3v) is 5.39. The second-order valence-electron chi connectivity index (χ2n) is 6.89. The molecule has 1 spiro atoms. The Bertz CT molecular complexity index is 555. The minimum absolute atomic E-state index is 0.0125. The molecule has 3 rings (SSSR count). The van der Waals surface area contributed by atoms with Gasteiger partial charge in [0.1, 0.15) is 5.82 Å². The van der Waals surface area contributed by atoms with E-state index in [0.29, 0.717) is 0 Å². The molecule has 1 aromatic heterocycles. The van der Waals surface area contributed by atoms with E-state index in [4.69, 9.17) is 4.74 Å². The molecule has 0 unspecified atom stereocenters. The maximum absolute atomic E-state index is 12.2. The van der Waals surface area contributed by atoms with E-state index in [1.165, 1.54) is 0 Å². The maximum atomic E-state index is 12.2. The lowest BCUT2D eigenvalue weighted by atomic mass is 9.84. The molecule has 0 aliphatic carbocycles. The maximum Gasteiger partial charge on any atom is 0.219 e. The molecule has 2 saturated heterocycles. The highest BCUT2D eigenvalue weighted by Crippen LogP contribution is 2.33. The third kappa shape index (κ3) is 3.75. The summed E-state index contributed by atoms with van der Waals surface area (Å²) in [6, 6.07) is 0. The molecule has 0 atom stereocenters. The van der Waals surface area contributed by atoms with Crippen LogP contribution in [0, 0.1) is 0 Å². The van der Waals surface area contributed by atoms with E-state index in [0.717, 1.165) is 76.5 Å². The fourth-order valence-electron chi connectivity index (χ4n) is 3.92. The van der Waals surface area contributed by atoms with Crippen molar-refractivity contribution in [2.24, 2.45) is 0 Å². The number of carbonyl (C=O) groups is 1. The molecule has 6 nitrogen and oxygen atoms in total. The quantitative estimate of drug-likeness (QED) is 0.842. The fraction of sp³-hybridized carbons (Fsp3) is 0.722. The number of rotatable bonds is 3. The van der Waals surface area contributed by atoms with Gasteiger partial charge in [-0.2, -0.15) is 0 Å². The molecule has 0 saturated carbocycles. The molecule has 0 bridgehead atoms. The molecule has 6 heteroatoms. The summed E-state index contributed by atoms with van der Waals surface area (Å²) in [5, 5.41) is 0. The van der Waals surface area contributed by atoms with Crippen LogP contribution in [0.15, 0.2) is 12.4 Å². The number of nitrogens with zero attached hydrogens (tertiary/aromatic N) is 4. The summed E-state index contributed by atoms with van der Waals surface area (Å²) in [6.45, 7) is 8.83. The van der Waals surface area contributed by atoms with E-state index in [2.05, 4.69) is 26.7 Å². The predicted octanol–water partition coefficient (Wildman–Crippen LogP) is 1.64. The Balaban J connectivity index is 1.68. The van der Waals surface area contributed by atoms with Crippen LogP contribution in [0.5, 0.6) is 0 Å². The van der Waals surface area contributed by atoms with E-state index in [9.17, 15) is 4.79 Å². The van der Waals surface area contributed by atoms with E-state index in [1.807, 2.05) is 12.4 Å².